The zero-order valence-electron chi connectivity index (χ0n) is 11.7. The molecule has 20 heavy (non-hydrogen) atoms. The fourth-order valence-corrected chi connectivity index (χ4v) is 2.80. The molecule has 2 N–H and O–H groups in total. The summed E-state index contributed by atoms with van der Waals surface area (Å²) in [6, 6.07) is 10.3. The van der Waals surface area contributed by atoms with Crippen LogP contribution in [-0.2, 0) is 6.42 Å². The second kappa shape index (κ2) is 4.67. The first-order valence-corrected chi connectivity index (χ1v) is 6.73. The van der Waals surface area contributed by atoms with E-state index in [-0.39, 0.29) is 0 Å². The van der Waals surface area contributed by atoms with Crippen molar-refractivity contribution in [1.82, 2.24) is 0 Å². The summed E-state index contributed by atoms with van der Waals surface area (Å²) in [6.07, 6.45) is 0.828. The Morgan fingerprint density at radius 2 is 1.70 bits per heavy atom. The predicted octanol–water partition coefficient (Wildman–Crippen LogP) is 3.00. The van der Waals surface area contributed by atoms with Crippen molar-refractivity contribution in [2.24, 2.45) is 5.73 Å². The number of carbonyl (C=O) groups excluding carboxylic acids is 1. The lowest BCUT2D eigenvalue weighted by Gasteiger charge is -2.10. The van der Waals surface area contributed by atoms with Crippen LogP contribution in [-0.4, -0.2) is 12.5 Å². The standard InChI is InChI=1S/C17H17NO2/c1-10-5-11(2)7-13(6-10)14-8-12-3-4-20-16(12)15(9-14)17(18)19/h5-9H,3-4H2,1-2H3,(H2,18,19). The summed E-state index contributed by atoms with van der Waals surface area (Å²) in [7, 11) is 0. The van der Waals surface area contributed by atoms with E-state index in [4.69, 9.17) is 10.5 Å². The topological polar surface area (TPSA) is 52.3 Å². The van der Waals surface area contributed by atoms with Crippen molar-refractivity contribution in [3.63, 3.8) is 0 Å². The van der Waals surface area contributed by atoms with Gasteiger partial charge in [-0.05, 0) is 42.7 Å². The van der Waals surface area contributed by atoms with Gasteiger partial charge in [-0.3, -0.25) is 4.79 Å². The van der Waals surface area contributed by atoms with Crippen molar-refractivity contribution in [2.75, 3.05) is 6.61 Å². The first kappa shape index (κ1) is 12.7. The highest BCUT2D eigenvalue weighted by Crippen LogP contribution is 2.35. The van der Waals surface area contributed by atoms with Gasteiger partial charge in [-0.15, -0.1) is 0 Å². The van der Waals surface area contributed by atoms with E-state index < -0.39 is 5.91 Å². The van der Waals surface area contributed by atoms with Gasteiger partial charge in [0.25, 0.3) is 5.91 Å². The van der Waals surface area contributed by atoms with Gasteiger partial charge in [0, 0.05) is 6.42 Å². The van der Waals surface area contributed by atoms with Gasteiger partial charge >= 0.3 is 0 Å². The highest BCUT2D eigenvalue weighted by atomic mass is 16.5. The summed E-state index contributed by atoms with van der Waals surface area (Å²) in [5.41, 5.74) is 11.6. The first-order chi connectivity index (χ1) is 9.54. The number of primary amides is 1. The van der Waals surface area contributed by atoms with Gasteiger partial charge in [0.05, 0.1) is 12.2 Å². The van der Waals surface area contributed by atoms with Crippen LogP contribution in [0.4, 0.5) is 0 Å². The van der Waals surface area contributed by atoms with Crippen LogP contribution in [0.1, 0.15) is 27.0 Å². The van der Waals surface area contributed by atoms with E-state index in [0.717, 1.165) is 23.1 Å². The van der Waals surface area contributed by atoms with Crippen molar-refractivity contribution >= 4 is 5.91 Å². The lowest BCUT2D eigenvalue weighted by atomic mass is 9.96. The monoisotopic (exact) mass is 267 g/mol. The highest BCUT2D eigenvalue weighted by Gasteiger charge is 2.21. The van der Waals surface area contributed by atoms with Crippen LogP contribution in [0.25, 0.3) is 11.1 Å². The molecule has 0 aromatic heterocycles. The van der Waals surface area contributed by atoms with Crippen molar-refractivity contribution < 1.29 is 9.53 Å². The molecule has 0 fully saturated rings. The molecule has 102 valence electrons. The van der Waals surface area contributed by atoms with E-state index in [1.807, 2.05) is 6.07 Å². The van der Waals surface area contributed by atoms with Crippen molar-refractivity contribution in [1.29, 1.82) is 0 Å². The number of hydrogen-bond donors (Lipinski definition) is 1. The maximum Gasteiger partial charge on any atom is 0.252 e. The second-order valence-electron chi connectivity index (χ2n) is 5.35. The molecule has 2 aromatic rings. The molecule has 3 nitrogen and oxygen atoms in total. The molecule has 0 saturated heterocycles. The maximum absolute atomic E-state index is 11.6. The molecule has 1 amide bonds. The summed E-state index contributed by atoms with van der Waals surface area (Å²) < 4.78 is 5.53. The normalized spacial score (nSPS) is 12.9. The molecule has 2 aromatic carbocycles. The third kappa shape index (κ3) is 2.16. The summed E-state index contributed by atoms with van der Waals surface area (Å²) in [5, 5.41) is 0. The van der Waals surface area contributed by atoms with Gasteiger partial charge in [0.2, 0.25) is 0 Å². The fourth-order valence-electron chi connectivity index (χ4n) is 2.80. The zero-order chi connectivity index (χ0) is 14.3. The number of aryl methyl sites for hydroxylation is 2. The van der Waals surface area contributed by atoms with Crippen LogP contribution in [0.15, 0.2) is 30.3 Å². The van der Waals surface area contributed by atoms with E-state index in [1.54, 1.807) is 0 Å². The lowest BCUT2D eigenvalue weighted by Crippen LogP contribution is -2.12. The molecule has 3 rings (SSSR count). The minimum atomic E-state index is -0.436. The number of nitrogens with two attached hydrogens (primary N) is 1. The van der Waals surface area contributed by atoms with Crippen molar-refractivity contribution in [2.45, 2.75) is 20.3 Å². The fraction of sp³-hybridized carbons (Fsp3) is 0.235. The van der Waals surface area contributed by atoms with Crippen LogP contribution in [0.5, 0.6) is 5.75 Å². The highest BCUT2D eigenvalue weighted by molar-refractivity contribution is 5.98. The molecule has 0 spiro atoms. The average molecular weight is 267 g/mol. The number of rotatable bonds is 2. The van der Waals surface area contributed by atoms with E-state index >= 15 is 0 Å². The largest absolute Gasteiger partial charge is 0.492 e. The summed E-state index contributed by atoms with van der Waals surface area (Å²) in [4.78, 5) is 11.6. The first-order valence-electron chi connectivity index (χ1n) is 6.73. The summed E-state index contributed by atoms with van der Waals surface area (Å²) >= 11 is 0. The lowest BCUT2D eigenvalue weighted by molar-refractivity contribution is 0.0997. The van der Waals surface area contributed by atoms with E-state index in [1.165, 1.54) is 11.1 Å². The van der Waals surface area contributed by atoms with Gasteiger partial charge in [0.15, 0.2) is 0 Å². The van der Waals surface area contributed by atoms with E-state index in [0.29, 0.717) is 17.9 Å². The molecule has 3 heteroatoms. The van der Waals surface area contributed by atoms with Gasteiger partial charge in [-0.1, -0.05) is 29.3 Å². The molecule has 0 unspecified atom stereocenters. The summed E-state index contributed by atoms with van der Waals surface area (Å²) in [6.45, 7) is 4.76. The Balaban J connectivity index is 2.19. The molecule has 0 radical (unpaired) electrons. The third-order valence-electron chi connectivity index (χ3n) is 3.60. The second-order valence-corrected chi connectivity index (χ2v) is 5.35. The Morgan fingerprint density at radius 1 is 1.05 bits per heavy atom. The third-order valence-corrected chi connectivity index (χ3v) is 3.60. The molecular weight excluding hydrogens is 250 g/mol. The van der Waals surface area contributed by atoms with Crippen LogP contribution in [0.3, 0.4) is 0 Å². The smallest absolute Gasteiger partial charge is 0.252 e. The predicted molar refractivity (Wildman–Crippen MR) is 79.1 cm³/mol. The van der Waals surface area contributed by atoms with Crippen LogP contribution in [0.2, 0.25) is 0 Å². The van der Waals surface area contributed by atoms with Crippen molar-refractivity contribution in [3.05, 3.63) is 52.6 Å². The Hall–Kier alpha value is -2.29. The molecule has 0 atom stereocenters. The molecule has 0 aliphatic carbocycles. The molecule has 1 aliphatic heterocycles. The Labute approximate surface area is 118 Å². The SMILES string of the molecule is Cc1cc(C)cc(-c2cc3c(c(C(N)=O)c2)OCC3)c1. The van der Waals surface area contributed by atoms with Gasteiger partial charge in [-0.25, -0.2) is 0 Å². The quantitative estimate of drug-likeness (QED) is 0.909. The summed E-state index contributed by atoms with van der Waals surface area (Å²) in [5.74, 6) is 0.222. The number of ether oxygens (including phenoxy) is 1. The van der Waals surface area contributed by atoms with Crippen LogP contribution in [0, 0.1) is 13.8 Å². The van der Waals surface area contributed by atoms with Crippen molar-refractivity contribution in [3.8, 4) is 16.9 Å². The van der Waals surface area contributed by atoms with Gasteiger partial charge < -0.3 is 10.5 Å². The average Bonchev–Trinajstić information content (AvgIpc) is 2.84. The molecule has 0 bridgehead atoms. The van der Waals surface area contributed by atoms with Crippen LogP contribution < -0.4 is 10.5 Å². The molecule has 1 aliphatic rings. The number of hydrogen-bond acceptors (Lipinski definition) is 2. The number of fused-ring (bicyclic) bond motifs is 1. The number of benzene rings is 2. The maximum atomic E-state index is 11.6. The van der Waals surface area contributed by atoms with Gasteiger partial charge in [0.1, 0.15) is 5.75 Å². The zero-order valence-corrected chi connectivity index (χ0v) is 11.7. The minimum absolute atomic E-state index is 0.436. The van der Waals surface area contributed by atoms with E-state index in [2.05, 4.69) is 38.1 Å². The molecular formula is C17H17NO2. The van der Waals surface area contributed by atoms with Crippen LogP contribution >= 0.6 is 0 Å². The Kier molecular flexibility index (Phi) is 2.97. The number of carbonyl (C=O) groups is 1. The molecule has 0 saturated carbocycles. The van der Waals surface area contributed by atoms with E-state index in [9.17, 15) is 4.79 Å². The Morgan fingerprint density at radius 3 is 2.35 bits per heavy atom. The minimum Gasteiger partial charge on any atom is -0.492 e. The number of amides is 1. The molecule has 1 heterocycles. The Bertz CT molecular complexity index is 684. The van der Waals surface area contributed by atoms with Gasteiger partial charge in [-0.2, -0.15) is 0 Å².